The van der Waals surface area contributed by atoms with Crippen LogP contribution in [0, 0.1) is 0 Å². The highest BCUT2D eigenvalue weighted by molar-refractivity contribution is 5.76. The molecule has 0 saturated carbocycles. The number of carbonyl (C=O) groups excluding carboxylic acids is 1. The summed E-state index contributed by atoms with van der Waals surface area (Å²) in [7, 11) is 0. The zero-order chi connectivity index (χ0) is 10.8. The molecule has 0 bridgehead atoms. The predicted octanol–water partition coefficient (Wildman–Crippen LogP) is 0.583. The van der Waals surface area contributed by atoms with Gasteiger partial charge in [0, 0.05) is 25.0 Å². The molecule has 14 heavy (non-hydrogen) atoms. The average molecular weight is 199 g/mol. The summed E-state index contributed by atoms with van der Waals surface area (Å²) in [6.07, 6.45) is 1.63. The fraction of sp³-hybridized carbons (Fsp3) is 0.900. The maximum absolute atomic E-state index is 11.7. The Hall–Kier alpha value is -0.610. The smallest absolute Gasteiger partial charge is 0.236 e. The molecule has 0 radical (unpaired) electrons. The van der Waals surface area contributed by atoms with E-state index in [2.05, 4.69) is 11.9 Å². The van der Waals surface area contributed by atoms with Crippen LogP contribution in [0.25, 0.3) is 0 Å². The Morgan fingerprint density at radius 2 is 2.14 bits per heavy atom. The van der Waals surface area contributed by atoms with Gasteiger partial charge in [-0.05, 0) is 20.3 Å². The molecule has 2 N–H and O–H groups in total. The van der Waals surface area contributed by atoms with Gasteiger partial charge in [0.1, 0.15) is 0 Å². The lowest BCUT2D eigenvalue weighted by Crippen LogP contribution is -2.57. The summed E-state index contributed by atoms with van der Waals surface area (Å²) < 4.78 is 0. The van der Waals surface area contributed by atoms with Crippen LogP contribution < -0.4 is 5.73 Å². The van der Waals surface area contributed by atoms with Crippen LogP contribution in [0.15, 0.2) is 0 Å². The van der Waals surface area contributed by atoms with Gasteiger partial charge in [-0.2, -0.15) is 0 Å². The third-order valence-electron chi connectivity index (χ3n) is 2.36. The molecule has 4 heteroatoms. The molecular weight excluding hydrogens is 178 g/mol. The second-order valence-electron chi connectivity index (χ2n) is 4.59. The molecule has 1 heterocycles. The minimum absolute atomic E-state index is 0.205. The SMILES string of the molecule is CCN1CCCC(=O)N1CC(C)(C)N. The zero-order valence-electron chi connectivity index (χ0n) is 9.42. The summed E-state index contributed by atoms with van der Waals surface area (Å²) in [6, 6.07) is 0. The summed E-state index contributed by atoms with van der Waals surface area (Å²) in [5, 5.41) is 3.89. The van der Waals surface area contributed by atoms with Gasteiger partial charge in [-0.25, -0.2) is 5.01 Å². The van der Waals surface area contributed by atoms with E-state index in [0.29, 0.717) is 13.0 Å². The number of carbonyl (C=O) groups is 1. The normalized spacial score (nSPS) is 20.3. The van der Waals surface area contributed by atoms with E-state index >= 15 is 0 Å². The van der Waals surface area contributed by atoms with E-state index in [1.54, 1.807) is 0 Å². The van der Waals surface area contributed by atoms with Crippen LogP contribution in [0.1, 0.15) is 33.6 Å². The van der Waals surface area contributed by atoms with Crippen LogP contribution >= 0.6 is 0 Å². The molecule has 0 aliphatic carbocycles. The first kappa shape index (κ1) is 11.5. The fourth-order valence-electron chi connectivity index (χ4n) is 1.72. The van der Waals surface area contributed by atoms with Crippen molar-refractivity contribution in [3.8, 4) is 0 Å². The third kappa shape index (κ3) is 2.96. The number of nitrogens with two attached hydrogens (primary N) is 1. The van der Waals surface area contributed by atoms with Gasteiger partial charge in [0.2, 0.25) is 5.91 Å². The van der Waals surface area contributed by atoms with E-state index in [1.807, 2.05) is 18.9 Å². The van der Waals surface area contributed by atoms with Crippen molar-refractivity contribution in [2.75, 3.05) is 19.6 Å². The quantitative estimate of drug-likeness (QED) is 0.723. The summed E-state index contributed by atoms with van der Waals surface area (Å²) in [5.41, 5.74) is 5.61. The van der Waals surface area contributed by atoms with Gasteiger partial charge < -0.3 is 5.73 Å². The van der Waals surface area contributed by atoms with Crippen LogP contribution in [-0.2, 0) is 4.79 Å². The Balaban J connectivity index is 2.64. The molecule has 1 saturated heterocycles. The minimum Gasteiger partial charge on any atom is -0.324 e. The van der Waals surface area contributed by atoms with Crippen molar-refractivity contribution < 1.29 is 4.79 Å². The second kappa shape index (κ2) is 4.28. The van der Waals surface area contributed by atoms with Crippen molar-refractivity contribution in [3.05, 3.63) is 0 Å². The number of nitrogens with zero attached hydrogens (tertiary/aromatic N) is 2. The van der Waals surface area contributed by atoms with Gasteiger partial charge in [-0.3, -0.25) is 9.80 Å². The summed E-state index contributed by atoms with van der Waals surface area (Å²) >= 11 is 0. The number of rotatable bonds is 3. The summed E-state index contributed by atoms with van der Waals surface area (Å²) in [5.74, 6) is 0.205. The predicted molar refractivity (Wildman–Crippen MR) is 56.5 cm³/mol. The summed E-state index contributed by atoms with van der Waals surface area (Å²) in [6.45, 7) is 8.42. The highest BCUT2D eigenvalue weighted by atomic mass is 16.2. The lowest BCUT2D eigenvalue weighted by atomic mass is 10.1. The Kier molecular flexibility index (Phi) is 3.50. The first-order valence-corrected chi connectivity index (χ1v) is 5.28. The van der Waals surface area contributed by atoms with E-state index < -0.39 is 0 Å². The highest BCUT2D eigenvalue weighted by Crippen LogP contribution is 2.14. The largest absolute Gasteiger partial charge is 0.324 e. The molecule has 0 unspecified atom stereocenters. The van der Waals surface area contributed by atoms with Crippen LogP contribution in [0.5, 0.6) is 0 Å². The molecule has 0 aromatic rings. The second-order valence-corrected chi connectivity index (χ2v) is 4.59. The standard InChI is InChI=1S/C10H21N3O/c1-4-12-7-5-6-9(14)13(12)8-10(2,3)11/h4-8,11H2,1-3H3. The molecule has 4 nitrogen and oxygen atoms in total. The van der Waals surface area contributed by atoms with E-state index in [-0.39, 0.29) is 11.4 Å². The topological polar surface area (TPSA) is 49.6 Å². The zero-order valence-corrected chi connectivity index (χ0v) is 9.42. The molecular formula is C10H21N3O. The molecule has 1 aliphatic rings. The lowest BCUT2D eigenvalue weighted by molar-refractivity contribution is -0.156. The van der Waals surface area contributed by atoms with Crippen molar-refractivity contribution in [2.24, 2.45) is 5.73 Å². The third-order valence-corrected chi connectivity index (χ3v) is 2.36. The van der Waals surface area contributed by atoms with Crippen LogP contribution in [0.4, 0.5) is 0 Å². The Morgan fingerprint density at radius 3 is 2.64 bits per heavy atom. The molecule has 1 rings (SSSR count). The number of hydrogen-bond acceptors (Lipinski definition) is 3. The van der Waals surface area contributed by atoms with E-state index in [0.717, 1.165) is 19.5 Å². The van der Waals surface area contributed by atoms with Gasteiger partial charge in [0.05, 0.1) is 6.54 Å². The first-order chi connectivity index (χ1) is 6.44. The molecule has 0 aromatic carbocycles. The molecule has 1 aliphatic heterocycles. The molecule has 0 atom stereocenters. The fourth-order valence-corrected chi connectivity index (χ4v) is 1.72. The van der Waals surface area contributed by atoms with Crippen molar-refractivity contribution in [1.29, 1.82) is 0 Å². The summed E-state index contributed by atoms with van der Waals surface area (Å²) in [4.78, 5) is 11.7. The van der Waals surface area contributed by atoms with Crippen molar-refractivity contribution in [3.63, 3.8) is 0 Å². The van der Waals surface area contributed by atoms with Crippen LogP contribution in [0.3, 0.4) is 0 Å². The molecule has 1 fully saturated rings. The average Bonchev–Trinajstić information content (AvgIpc) is 2.06. The van der Waals surface area contributed by atoms with E-state index in [4.69, 9.17) is 5.73 Å². The number of amides is 1. The molecule has 0 spiro atoms. The number of hydrazine groups is 1. The van der Waals surface area contributed by atoms with Gasteiger partial charge in [0.25, 0.3) is 0 Å². The lowest BCUT2D eigenvalue weighted by Gasteiger charge is -2.41. The Morgan fingerprint density at radius 1 is 1.50 bits per heavy atom. The van der Waals surface area contributed by atoms with E-state index in [1.165, 1.54) is 0 Å². The number of hydrogen-bond donors (Lipinski definition) is 1. The van der Waals surface area contributed by atoms with E-state index in [9.17, 15) is 4.79 Å². The van der Waals surface area contributed by atoms with Gasteiger partial charge in [-0.1, -0.05) is 6.92 Å². The van der Waals surface area contributed by atoms with Crippen LogP contribution in [-0.4, -0.2) is 41.1 Å². The van der Waals surface area contributed by atoms with Gasteiger partial charge >= 0.3 is 0 Å². The monoisotopic (exact) mass is 199 g/mol. The minimum atomic E-state index is -0.319. The van der Waals surface area contributed by atoms with Gasteiger partial charge in [-0.15, -0.1) is 0 Å². The Bertz CT molecular complexity index is 210. The first-order valence-electron chi connectivity index (χ1n) is 5.28. The van der Waals surface area contributed by atoms with Gasteiger partial charge in [0.15, 0.2) is 0 Å². The van der Waals surface area contributed by atoms with Crippen LogP contribution in [0.2, 0.25) is 0 Å². The highest BCUT2D eigenvalue weighted by Gasteiger charge is 2.28. The maximum Gasteiger partial charge on any atom is 0.236 e. The molecule has 1 amide bonds. The van der Waals surface area contributed by atoms with Crippen molar-refractivity contribution >= 4 is 5.91 Å². The van der Waals surface area contributed by atoms with Crippen molar-refractivity contribution in [1.82, 2.24) is 10.0 Å². The Labute approximate surface area is 86.0 Å². The maximum atomic E-state index is 11.7. The molecule has 82 valence electrons. The van der Waals surface area contributed by atoms with Crippen molar-refractivity contribution in [2.45, 2.75) is 39.2 Å². The molecule has 0 aromatic heterocycles.